The van der Waals surface area contributed by atoms with Crippen LogP contribution in [-0.2, 0) is 19.6 Å². The molecule has 0 unspecified atom stereocenters. The molecule has 0 saturated heterocycles. The first-order valence-electron chi connectivity index (χ1n) is 11.0. The molecule has 0 spiro atoms. The Morgan fingerprint density at radius 2 is 1.87 bits per heavy atom. The number of ketones is 1. The van der Waals surface area contributed by atoms with Crippen molar-refractivity contribution in [2.75, 3.05) is 23.2 Å². The average molecular weight is 585 g/mol. The number of hydrogen-bond acceptors (Lipinski definition) is 8. The van der Waals surface area contributed by atoms with Gasteiger partial charge in [-0.3, -0.25) is 9.52 Å². The lowest BCUT2D eigenvalue weighted by molar-refractivity contribution is -0.125. The van der Waals surface area contributed by atoms with E-state index in [2.05, 4.69) is 20.0 Å². The number of sulfonamides is 1. The number of carbonyl (C=O) groups excluding carboxylic acids is 1. The summed E-state index contributed by atoms with van der Waals surface area (Å²) >= 11 is 12.8. The second kappa shape index (κ2) is 10.4. The van der Waals surface area contributed by atoms with Gasteiger partial charge in [-0.25, -0.2) is 27.2 Å². The van der Waals surface area contributed by atoms with Crippen molar-refractivity contribution < 1.29 is 31.8 Å². The summed E-state index contributed by atoms with van der Waals surface area (Å²) in [6.07, 6.45) is 1.42. The molecule has 1 aliphatic rings. The number of nitrogens with zero attached hydrogens (tertiary/aromatic N) is 2. The highest BCUT2D eigenvalue weighted by Gasteiger charge is 2.44. The number of halogens is 4. The van der Waals surface area contributed by atoms with E-state index in [1.54, 1.807) is 0 Å². The van der Waals surface area contributed by atoms with E-state index in [4.69, 9.17) is 33.0 Å². The molecule has 4 rings (SSSR count). The fourth-order valence-corrected chi connectivity index (χ4v) is 5.33. The quantitative estimate of drug-likeness (QED) is 0.352. The lowest BCUT2D eigenvalue weighted by Crippen LogP contribution is -2.29. The maximum absolute atomic E-state index is 14.2. The molecule has 3 N–H and O–H groups in total. The van der Waals surface area contributed by atoms with E-state index in [1.165, 1.54) is 32.2 Å². The van der Waals surface area contributed by atoms with Gasteiger partial charge in [0.05, 0.1) is 22.9 Å². The van der Waals surface area contributed by atoms with Crippen LogP contribution in [0.25, 0.3) is 11.3 Å². The molecule has 0 saturated carbocycles. The molecule has 0 radical (unpaired) electrons. The van der Waals surface area contributed by atoms with Gasteiger partial charge in [-0.1, -0.05) is 23.2 Å². The second-order valence-electron chi connectivity index (χ2n) is 8.56. The summed E-state index contributed by atoms with van der Waals surface area (Å²) in [4.78, 5) is 20.9. The van der Waals surface area contributed by atoms with E-state index in [-0.39, 0.29) is 57.4 Å². The Balaban J connectivity index is 1.85. The lowest BCUT2D eigenvalue weighted by atomic mass is 9.93. The molecule has 0 aliphatic carbocycles. The number of ether oxygens (including phenoxy) is 1. The number of rotatable bonds is 8. The highest BCUT2D eigenvalue weighted by Crippen LogP contribution is 2.45. The topological polar surface area (TPSA) is 131 Å². The van der Waals surface area contributed by atoms with Gasteiger partial charge in [0.25, 0.3) is 10.0 Å². The molecule has 0 bridgehead atoms. The van der Waals surface area contributed by atoms with Crippen molar-refractivity contribution in [1.82, 2.24) is 9.97 Å². The predicted octanol–water partition coefficient (Wildman–Crippen LogP) is 4.51. The van der Waals surface area contributed by atoms with Gasteiger partial charge in [-0.15, -0.1) is 0 Å². The minimum absolute atomic E-state index is 0.0147. The summed E-state index contributed by atoms with van der Waals surface area (Å²) in [5, 5.41) is 11.6. The summed E-state index contributed by atoms with van der Waals surface area (Å²) in [6.45, 7) is 3.07. The van der Waals surface area contributed by atoms with Crippen molar-refractivity contribution in [3.63, 3.8) is 0 Å². The minimum Gasteiger partial charge on any atom is -0.477 e. The molecule has 1 aromatic heterocycles. The molecular weight excluding hydrogens is 565 g/mol. The molecule has 0 fully saturated rings. The van der Waals surface area contributed by atoms with Crippen molar-refractivity contribution in [1.29, 1.82) is 0 Å². The number of Topliss-reactive ketones (excluding diaryl/α,β-unsaturated/α-hetero) is 1. The van der Waals surface area contributed by atoms with Gasteiger partial charge < -0.3 is 15.2 Å². The molecule has 0 amide bonds. The van der Waals surface area contributed by atoms with E-state index in [0.717, 1.165) is 12.1 Å². The van der Waals surface area contributed by atoms with Crippen LogP contribution in [0.2, 0.25) is 10.0 Å². The fourth-order valence-electron chi connectivity index (χ4n) is 3.65. The highest BCUT2D eigenvalue weighted by molar-refractivity contribution is 7.92. The van der Waals surface area contributed by atoms with Gasteiger partial charge in [0, 0.05) is 23.3 Å². The van der Waals surface area contributed by atoms with Crippen LogP contribution in [0.15, 0.2) is 47.5 Å². The third-order valence-corrected chi connectivity index (χ3v) is 7.38. The van der Waals surface area contributed by atoms with Crippen LogP contribution in [0.1, 0.15) is 25.1 Å². The maximum Gasteiger partial charge on any atom is 0.264 e. The van der Waals surface area contributed by atoms with Crippen molar-refractivity contribution in [2.24, 2.45) is 0 Å². The molecule has 14 heteroatoms. The Morgan fingerprint density at radius 1 is 1.13 bits per heavy atom. The fraction of sp³-hybridized carbons (Fsp3) is 0.208. The van der Waals surface area contributed by atoms with E-state index >= 15 is 0 Å². The molecular formula is C24H20Cl2F2N4O5S. The Labute approximate surface area is 226 Å². The Morgan fingerprint density at radius 3 is 2.58 bits per heavy atom. The molecule has 2 aromatic carbocycles. The largest absolute Gasteiger partial charge is 0.477 e. The Hall–Kier alpha value is -3.32. The number of aliphatic hydroxyl groups is 1. The molecule has 3 aromatic rings. The monoisotopic (exact) mass is 584 g/mol. The number of anilines is 2. The average Bonchev–Trinajstić information content (AvgIpc) is 3.10. The minimum atomic E-state index is -4.65. The SMILES string of the molecule is CC1(C)OC(c2ccnc(NCCO)n2)=C(c2cc(Cl)cc(NS(=O)(=O)c3cc(F)ccc3F)c2Cl)C1=O. The maximum atomic E-state index is 14.2. The molecule has 1 aliphatic heterocycles. The molecule has 38 heavy (non-hydrogen) atoms. The molecule has 200 valence electrons. The van der Waals surface area contributed by atoms with E-state index in [0.29, 0.717) is 12.1 Å². The summed E-state index contributed by atoms with van der Waals surface area (Å²) < 4.78 is 61.7. The van der Waals surface area contributed by atoms with Gasteiger partial charge >= 0.3 is 0 Å². The van der Waals surface area contributed by atoms with E-state index in [9.17, 15) is 22.0 Å². The third kappa shape index (κ3) is 5.44. The van der Waals surface area contributed by atoms with Crippen LogP contribution in [0.4, 0.5) is 20.4 Å². The first-order chi connectivity index (χ1) is 17.8. The van der Waals surface area contributed by atoms with Crippen LogP contribution in [-0.4, -0.2) is 48.0 Å². The zero-order valence-electron chi connectivity index (χ0n) is 19.9. The van der Waals surface area contributed by atoms with Gasteiger partial charge in [0.15, 0.2) is 11.4 Å². The normalized spacial score (nSPS) is 15.0. The number of nitrogens with one attached hydrogen (secondary N) is 2. The van der Waals surface area contributed by atoms with Crippen molar-refractivity contribution >= 4 is 62.0 Å². The number of aliphatic hydroxyl groups excluding tert-OH is 1. The van der Waals surface area contributed by atoms with Gasteiger partial charge in [0.1, 0.15) is 22.2 Å². The van der Waals surface area contributed by atoms with Crippen LogP contribution in [0, 0.1) is 11.6 Å². The van der Waals surface area contributed by atoms with Crippen LogP contribution in [0.5, 0.6) is 0 Å². The van der Waals surface area contributed by atoms with Gasteiger partial charge in [0.2, 0.25) is 11.7 Å². The lowest BCUT2D eigenvalue weighted by Gasteiger charge is -2.17. The number of benzene rings is 2. The Bertz CT molecular complexity index is 1580. The van der Waals surface area contributed by atoms with Gasteiger partial charge in [-0.05, 0) is 50.2 Å². The second-order valence-corrected chi connectivity index (χ2v) is 11.0. The standard InChI is InChI=1S/C24H20Cl2F2N4O5S/c1-24(2)22(34)19(21(37-24)16-5-6-29-23(31-16)30-7-8-33)14-9-12(25)10-17(20(14)26)32-38(35,36)18-11-13(27)3-4-15(18)28/h3-6,9-11,32-33H,7-8H2,1-2H3,(H,29,30,31). The van der Waals surface area contributed by atoms with E-state index in [1.807, 2.05) is 0 Å². The first kappa shape index (κ1) is 27.7. The van der Waals surface area contributed by atoms with Crippen molar-refractivity contribution in [3.8, 4) is 0 Å². The zero-order chi connectivity index (χ0) is 27.8. The zero-order valence-corrected chi connectivity index (χ0v) is 22.2. The summed E-state index contributed by atoms with van der Waals surface area (Å²) in [6, 6.07) is 5.96. The van der Waals surface area contributed by atoms with Crippen LogP contribution < -0.4 is 10.0 Å². The highest BCUT2D eigenvalue weighted by atomic mass is 35.5. The predicted molar refractivity (Wildman–Crippen MR) is 138 cm³/mol. The number of carbonyl (C=O) groups is 1. The molecule has 0 atom stereocenters. The molecule has 2 heterocycles. The summed E-state index contributed by atoms with van der Waals surface area (Å²) in [7, 11) is -4.65. The van der Waals surface area contributed by atoms with Crippen molar-refractivity contribution in [3.05, 3.63) is 75.5 Å². The Kier molecular flexibility index (Phi) is 7.62. The third-order valence-electron chi connectivity index (χ3n) is 5.38. The van der Waals surface area contributed by atoms with E-state index < -0.39 is 37.9 Å². The number of hydrogen-bond donors (Lipinski definition) is 3. The summed E-state index contributed by atoms with van der Waals surface area (Å²) in [5.41, 5.74) is -1.44. The smallest absolute Gasteiger partial charge is 0.264 e. The van der Waals surface area contributed by atoms with Crippen LogP contribution in [0.3, 0.4) is 0 Å². The number of aromatic nitrogens is 2. The first-order valence-corrected chi connectivity index (χ1v) is 13.2. The molecule has 9 nitrogen and oxygen atoms in total. The summed E-state index contributed by atoms with van der Waals surface area (Å²) in [5.74, 6) is -2.45. The van der Waals surface area contributed by atoms with Crippen molar-refractivity contribution in [2.45, 2.75) is 24.3 Å². The van der Waals surface area contributed by atoms with Gasteiger partial charge in [-0.2, -0.15) is 0 Å². The van der Waals surface area contributed by atoms with Crippen LogP contribution >= 0.6 is 23.2 Å².